The number of hydrogen-bond donors (Lipinski definition) is 1. The van der Waals surface area contributed by atoms with Gasteiger partial charge in [0.2, 0.25) is 0 Å². The number of aromatic hydroxyl groups is 1. The second-order valence-corrected chi connectivity index (χ2v) is 6.85. The van der Waals surface area contributed by atoms with E-state index in [1.165, 1.54) is 23.3 Å². The molecule has 0 bridgehead atoms. The summed E-state index contributed by atoms with van der Waals surface area (Å²) in [4.78, 5) is 18.1. The Balaban J connectivity index is 1.99. The molecule has 0 atom stereocenters. The molecule has 0 spiro atoms. The maximum Gasteiger partial charge on any atom is 0.341 e. The van der Waals surface area contributed by atoms with E-state index < -0.39 is 0 Å². The maximum absolute atomic E-state index is 12.4. The topological polar surface area (TPSA) is 68.1 Å². The van der Waals surface area contributed by atoms with E-state index in [4.69, 9.17) is 9.47 Å². The average molecular weight is 359 g/mol. The number of ether oxygens (including phenoxy) is 2. The number of fused-ring (bicyclic) bond motifs is 1. The van der Waals surface area contributed by atoms with Crippen molar-refractivity contribution in [2.75, 3.05) is 13.7 Å². The third-order valence-electron chi connectivity index (χ3n) is 4.20. The lowest BCUT2D eigenvalue weighted by molar-refractivity contribution is 0.0526. The molecule has 1 N–H and O–H groups in total. The number of aliphatic imine (C=N–C) groups is 1. The first kappa shape index (κ1) is 17.5. The van der Waals surface area contributed by atoms with Crippen molar-refractivity contribution in [3.05, 3.63) is 39.8 Å². The van der Waals surface area contributed by atoms with Crippen molar-refractivity contribution >= 4 is 28.5 Å². The molecule has 0 saturated heterocycles. The molecular formula is C19H21NO4S. The summed E-state index contributed by atoms with van der Waals surface area (Å²) in [5.41, 5.74) is 2.21. The number of aryl methyl sites for hydroxylation is 1. The number of hydrogen-bond acceptors (Lipinski definition) is 6. The summed E-state index contributed by atoms with van der Waals surface area (Å²) < 4.78 is 10.3. The second-order valence-electron chi connectivity index (χ2n) is 5.77. The molecule has 5 nitrogen and oxygen atoms in total. The molecule has 1 aromatic heterocycles. The van der Waals surface area contributed by atoms with Gasteiger partial charge in [0.15, 0.2) is 11.5 Å². The van der Waals surface area contributed by atoms with Crippen molar-refractivity contribution < 1.29 is 19.4 Å². The van der Waals surface area contributed by atoms with Gasteiger partial charge in [0, 0.05) is 16.7 Å². The van der Waals surface area contributed by atoms with Crippen LogP contribution in [0.3, 0.4) is 0 Å². The highest BCUT2D eigenvalue weighted by molar-refractivity contribution is 7.16. The van der Waals surface area contributed by atoms with Crippen molar-refractivity contribution in [1.82, 2.24) is 0 Å². The lowest BCUT2D eigenvalue weighted by Gasteiger charge is -2.11. The molecule has 1 aliphatic carbocycles. The lowest BCUT2D eigenvalue weighted by Crippen LogP contribution is -2.09. The third-order valence-corrected chi connectivity index (χ3v) is 5.40. The van der Waals surface area contributed by atoms with Crippen LogP contribution in [0.15, 0.2) is 23.2 Å². The van der Waals surface area contributed by atoms with Crippen LogP contribution in [0.2, 0.25) is 0 Å². The van der Waals surface area contributed by atoms with Gasteiger partial charge in [0.05, 0.1) is 19.3 Å². The Morgan fingerprint density at radius 1 is 1.36 bits per heavy atom. The number of thiophene rings is 1. The average Bonchev–Trinajstić information content (AvgIpc) is 2.99. The van der Waals surface area contributed by atoms with Crippen molar-refractivity contribution in [2.24, 2.45) is 4.99 Å². The minimum atomic E-state index is -0.316. The molecule has 2 aromatic rings. The predicted molar refractivity (Wildman–Crippen MR) is 98.8 cm³/mol. The van der Waals surface area contributed by atoms with Gasteiger partial charge < -0.3 is 14.6 Å². The highest BCUT2D eigenvalue weighted by Gasteiger charge is 2.26. The smallest absolute Gasteiger partial charge is 0.341 e. The summed E-state index contributed by atoms with van der Waals surface area (Å²) in [6.07, 6.45) is 5.65. The van der Waals surface area contributed by atoms with Crippen LogP contribution in [-0.2, 0) is 17.6 Å². The number of phenols is 1. The molecule has 3 rings (SSSR count). The molecule has 0 aliphatic heterocycles. The minimum absolute atomic E-state index is 0.0350. The van der Waals surface area contributed by atoms with E-state index in [0.29, 0.717) is 28.5 Å². The predicted octanol–water partition coefficient (Wildman–Crippen LogP) is 4.27. The van der Waals surface area contributed by atoms with Crippen molar-refractivity contribution in [2.45, 2.75) is 32.6 Å². The lowest BCUT2D eigenvalue weighted by atomic mass is 9.95. The Morgan fingerprint density at radius 3 is 2.92 bits per heavy atom. The number of methoxy groups -OCH3 is 1. The molecule has 1 aromatic carbocycles. The van der Waals surface area contributed by atoms with Crippen molar-refractivity contribution in [1.29, 1.82) is 0 Å². The van der Waals surface area contributed by atoms with Crippen molar-refractivity contribution in [3.8, 4) is 11.5 Å². The van der Waals surface area contributed by atoms with Crippen LogP contribution in [0.1, 0.15) is 46.1 Å². The standard InChI is InChI=1S/C19H21NO4S/c1-3-24-19(22)16-13-8-4-5-10-15(13)25-18(16)20-11-12-7-6-9-14(23-2)17(12)21/h6-7,9,11,21H,3-5,8,10H2,1-2H3/b20-11+. The normalized spacial score (nSPS) is 13.7. The summed E-state index contributed by atoms with van der Waals surface area (Å²) in [5.74, 6) is 0.108. The van der Waals surface area contributed by atoms with E-state index in [2.05, 4.69) is 4.99 Å². The van der Waals surface area contributed by atoms with Gasteiger partial charge in [-0.15, -0.1) is 11.3 Å². The Hall–Kier alpha value is -2.34. The monoisotopic (exact) mass is 359 g/mol. The van der Waals surface area contributed by atoms with Crippen LogP contribution in [0, 0.1) is 0 Å². The zero-order valence-electron chi connectivity index (χ0n) is 14.4. The first-order valence-electron chi connectivity index (χ1n) is 8.37. The van der Waals surface area contributed by atoms with Crippen molar-refractivity contribution in [3.63, 3.8) is 0 Å². The largest absolute Gasteiger partial charge is 0.504 e. The summed E-state index contributed by atoms with van der Waals surface area (Å²) in [7, 11) is 1.50. The number of nitrogens with zero attached hydrogens (tertiary/aromatic N) is 1. The number of para-hydroxylation sites is 1. The Kier molecular flexibility index (Phi) is 5.38. The first-order chi connectivity index (χ1) is 12.2. The minimum Gasteiger partial charge on any atom is -0.504 e. The number of phenolic OH excluding ortho intramolecular Hbond substituents is 1. The van der Waals surface area contributed by atoms with Gasteiger partial charge in [-0.05, 0) is 50.3 Å². The Labute approximate surface area is 150 Å². The maximum atomic E-state index is 12.4. The van der Waals surface area contributed by atoms with E-state index in [0.717, 1.165) is 31.2 Å². The highest BCUT2D eigenvalue weighted by atomic mass is 32.1. The quantitative estimate of drug-likeness (QED) is 0.639. The van der Waals surface area contributed by atoms with Gasteiger partial charge in [-0.3, -0.25) is 0 Å². The molecule has 0 unspecified atom stereocenters. The van der Waals surface area contributed by atoms with E-state index in [1.54, 1.807) is 31.3 Å². The van der Waals surface area contributed by atoms with Crippen LogP contribution in [-0.4, -0.2) is 31.0 Å². The Morgan fingerprint density at radius 2 is 2.16 bits per heavy atom. The number of benzene rings is 1. The molecule has 0 amide bonds. The fraction of sp³-hybridized carbons (Fsp3) is 0.368. The molecule has 25 heavy (non-hydrogen) atoms. The van der Waals surface area contributed by atoms with Gasteiger partial charge in [-0.2, -0.15) is 0 Å². The van der Waals surface area contributed by atoms with Crippen LogP contribution in [0.25, 0.3) is 0 Å². The number of esters is 1. The van der Waals surface area contributed by atoms with E-state index in [1.807, 2.05) is 0 Å². The van der Waals surface area contributed by atoms with Gasteiger partial charge in [0.25, 0.3) is 0 Å². The second kappa shape index (κ2) is 7.70. The molecule has 1 heterocycles. The first-order valence-corrected chi connectivity index (χ1v) is 9.19. The van der Waals surface area contributed by atoms with Crippen LogP contribution in [0.5, 0.6) is 11.5 Å². The number of rotatable bonds is 5. The van der Waals surface area contributed by atoms with Gasteiger partial charge in [-0.25, -0.2) is 9.79 Å². The zero-order chi connectivity index (χ0) is 17.8. The summed E-state index contributed by atoms with van der Waals surface area (Å²) in [6.45, 7) is 2.14. The molecule has 132 valence electrons. The van der Waals surface area contributed by atoms with E-state index in [-0.39, 0.29) is 11.7 Å². The molecule has 6 heteroatoms. The van der Waals surface area contributed by atoms with Gasteiger partial charge in [0.1, 0.15) is 5.00 Å². The SMILES string of the molecule is CCOC(=O)c1c(/N=C/c2cccc(OC)c2O)sc2c1CCCC2. The van der Waals surface area contributed by atoms with Gasteiger partial charge >= 0.3 is 5.97 Å². The summed E-state index contributed by atoms with van der Waals surface area (Å²) >= 11 is 1.54. The van der Waals surface area contributed by atoms with Crippen LogP contribution in [0.4, 0.5) is 5.00 Å². The van der Waals surface area contributed by atoms with Gasteiger partial charge in [-0.1, -0.05) is 6.07 Å². The molecule has 1 aliphatic rings. The fourth-order valence-electron chi connectivity index (χ4n) is 2.99. The molecular weight excluding hydrogens is 338 g/mol. The Bertz CT molecular complexity index is 810. The third kappa shape index (κ3) is 3.54. The summed E-state index contributed by atoms with van der Waals surface area (Å²) in [6, 6.07) is 5.21. The van der Waals surface area contributed by atoms with E-state index >= 15 is 0 Å². The number of carbonyl (C=O) groups excluding carboxylic acids is 1. The molecule has 0 radical (unpaired) electrons. The van der Waals surface area contributed by atoms with Crippen LogP contribution < -0.4 is 4.74 Å². The highest BCUT2D eigenvalue weighted by Crippen LogP contribution is 2.40. The number of carbonyl (C=O) groups is 1. The summed E-state index contributed by atoms with van der Waals surface area (Å²) in [5, 5.41) is 10.8. The fourth-order valence-corrected chi connectivity index (χ4v) is 4.21. The molecule has 0 fully saturated rings. The van der Waals surface area contributed by atoms with Crippen LogP contribution >= 0.6 is 11.3 Å². The zero-order valence-corrected chi connectivity index (χ0v) is 15.2. The molecule has 0 saturated carbocycles. The van der Waals surface area contributed by atoms with E-state index in [9.17, 15) is 9.90 Å².